The Hall–Kier alpha value is -2.60. The van der Waals surface area contributed by atoms with Gasteiger partial charge in [-0.1, -0.05) is 12.1 Å². The highest BCUT2D eigenvalue weighted by molar-refractivity contribution is 6.00. The zero-order valence-electron chi connectivity index (χ0n) is 13.3. The second kappa shape index (κ2) is 6.88. The number of hydrogen-bond donors (Lipinski definition) is 3. The topological polar surface area (TPSA) is 70.6 Å². The van der Waals surface area contributed by atoms with Crippen LogP contribution in [0.25, 0.3) is 0 Å². The lowest BCUT2D eigenvalue weighted by Crippen LogP contribution is -2.24. The lowest BCUT2D eigenvalue weighted by molar-refractivity contribution is 0.159. The van der Waals surface area contributed by atoms with Crippen molar-refractivity contribution in [3.8, 4) is 5.75 Å². The van der Waals surface area contributed by atoms with Crippen molar-refractivity contribution in [2.45, 2.75) is 25.4 Å². The van der Waals surface area contributed by atoms with Crippen LogP contribution in [-0.2, 0) is 12.8 Å². The number of aliphatic hydroxyl groups excluding tert-OH is 1. The summed E-state index contributed by atoms with van der Waals surface area (Å²) in [5, 5.41) is 15.2. The maximum atomic E-state index is 13.7. The molecule has 1 aliphatic rings. The van der Waals surface area contributed by atoms with E-state index in [4.69, 9.17) is 4.74 Å². The number of methoxy groups -OCH3 is 1. The molecule has 0 spiro atoms. The molecule has 5 nitrogen and oxygen atoms in total. The quantitative estimate of drug-likeness (QED) is 0.808. The van der Waals surface area contributed by atoms with E-state index in [9.17, 15) is 14.3 Å². The minimum Gasteiger partial charge on any atom is -0.494 e. The third-order valence-corrected chi connectivity index (χ3v) is 4.12. The molecule has 3 rings (SSSR count). The number of amides is 2. The maximum absolute atomic E-state index is 13.7. The monoisotopic (exact) mass is 330 g/mol. The molecule has 1 unspecified atom stereocenters. The van der Waals surface area contributed by atoms with Gasteiger partial charge < -0.3 is 20.5 Å². The van der Waals surface area contributed by atoms with Gasteiger partial charge in [-0.3, -0.25) is 0 Å². The third-order valence-electron chi connectivity index (χ3n) is 4.12. The van der Waals surface area contributed by atoms with Crippen LogP contribution in [0.2, 0.25) is 0 Å². The Kier molecular flexibility index (Phi) is 4.66. The van der Waals surface area contributed by atoms with Gasteiger partial charge in [0.25, 0.3) is 0 Å². The summed E-state index contributed by atoms with van der Waals surface area (Å²) in [7, 11) is 1.38. The molecule has 0 bridgehead atoms. The van der Waals surface area contributed by atoms with Crippen molar-refractivity contribution in [3.05, 3.63) is 53.3 Å². The molecule has 0 fully saturated rings. The van der Waals surface area contributed by atoms with Crippen LogP contribution in [0.4, 0.5) is 20.6 Å². The first-order valence-corrected chi connectivity index (χ1v) is 7.77. The maximum Gasteiger partial charge on any atom is 0.323 e. The van der Waals surface area contributed by atoms with E-state index in [0.29, 0.717) is 17.8 Å². The Balaban J connectivity index is 1.73. The van der Waals surface area contributed by atoms with Gasteiger partial charge in [0.15, 0.2) is 11.6 Å². The van der Waals surface area contributed by atoms with Gasteiger partial charge in [0.2, 0.25) is 0 Å². The number of fused-ring (bicyclic) bond motifs is 1. The molecule has 0 radical (unpaired) electrons. The predicted molar refractivity (Wildman–Crippen MR) is 90.1 cm³/mol. The largest absolute Gasteiger partial charge is 0.494 e. The molecule has 2 aromatic rings. The highest BCUT2D eigenvalue weighted by Crippen LogP contribution is 2.28. The summed E-state index contributed by atoms with van der Waals surface area (Å²) in [6.45, 7) is 0. The molecule has 2 aromatic carbocycles. The van der Waals surface area contributed by atoms with Crippen LogP contribution in [-0.4, -0.2) is 24.4 Å². The van der Waals surface area contributed by atoms with Gasteiger partial charge in [-0.2, -0.15) is 0 Å². The normalized spacial score (nSPS) is 16.2. The Bertz CT molecular complexity index is 764. The van der Waals surface area contributed by atoms with Crippen LogP contribution < -0.4 is 15.4 Å². The van der Waals surface area contributed by atoms with Crippen molar-refractivity contribution in [3.63, 3.8) is 0 Å². The van der Waals surface area contributed by atoms with Crippen LogP contribution in [0, 0.1) is 5.82 Å². The number of nitrogens with one attached hydrogen (secondary N) is 2. The van der Waals surface area contributed by atoms with Gasteiger partial charge >= 0.3 is 6.03 Å². The first-order valence-electron chi connectivity index (χ1n) is 7.77. The number of urea groups is 1. The Labute approximate surface area is 139 Å². The highest BCUT2D eigenvalue weighted by Gasteiger charge is 2.20. The number of carbonyl (C=O) groups is 1. The Morgan fingerprint density at radius 2 is 2.12 bits per heavy atom. The molecule has 0 aromatic heterocycles. The summed E-state index contributed by atoms with van der Waals surface area (Å²) in [4.78, 5) is 12.2. The summed E-state index contributed by atoms with van der Waals surface area (Å²) >= 11 is 0. The van der Waals surface area contributed by atoms with Crippen LogP contribution in [0.5, 0.6) is 5.75 Å². The standard InChI is InChI=1S/C18H19FN2O3/c1-24-17-8-6-12(9-15(17)19)20-18(23)21-16-4-2-3-11-5-7-13(22)10-14(11)16/h2-4,6,8-9,13,22H,5,7,10H2,1H3,(H2,20,21,23). The summed E-state index contributed by atoms with van der Waals surface area (Å²) in [6, 6.07) is 9.42. The van der Waals surface area contributed by atoms with E-state index in [2.05, 4.69) is 10.6 Å². The molecule has 0 aliphatic heterocycles. The van der Waals surface area contributed by atoms with E-state index < -0.39 is 11.8 Å². The number of halogens is 1. The molecular weight excluding hydrogens is 311 g/mol. The van der Waals surface area contributed by atoms with Gasteiger partial charge in [-0.05, 0) is 42.2 Å². The minimum atomic E-state index is -0.546. The molecule has 3 N–H and O–H groups in total. The lowest BCUT2D eigenvalue weighted by Gasteiger charge is -2.23. The number of aliphatic hydroxyl groups is 1. The number of benzene rings is 2. The number of aryl methyl sites for hydroxylation is 1. The molecule has 1 atom stereocenters. The van der Waals surface area contributed by atoms with Crippen molar-refractivity contribution in [1.29, 1.82) is 0 Å². The fraction of sp³-hybridized carbons (Fsp3) is 0.278. The molecule has 2 amide bonds. The molecule has 24 heavy (non-hydrogen) atoms. The van der Waals surface area contributed by atoms with Crippen molar-refractivity contribution in [2.75, 3.05) is 17.7 Å². The van der Waals surface area contributed by atoms with Crippen LogP contribution in [0.3, 0.4) is 0 Å². The summed E-state index contributed by atoms with van der Waals surface area (Å²) in [5.74, 6) is -0.428. The average molecular weight is 330 g/mol. The molecule has 0 heterocycles. The number of hydrogen-bond acceptors (Lipinski definition) is 3. The van der Waals surface area contributed by atoms with Gasteiger partial charge in [-0.25, -0.2) is 9.18 Å². The Morgan fingerprint density at radius 3 is 2.88 bits per heavy atom. The molecule has 126 valence electrons. The van der Waals surface area contributed by atoms with Crippen molar-refractivity contribution in [2.24, 2.45) is 0 Å². The summed E-state index contributed by atoms with van der Waals surface area (Å²) in [6.07, 6.45) is 1.65. The second-order valence-electron chi connectivity index (χ2n) is 5.77. The zero-order valence-corrected chi connectivity index (χ0v) is 13.3. The number of carbonyl (C=O) groups excluding carboxylic acids is 1. The highest BCUT2D eigenvalue weighted by atomic mass is 19.1. The average Bonchev–Trinajstić information content (AvgIpc) is 2.55. The van der Waals surface area contributed by atoms with Gasteiger partial charge in [0, 0.05) is 23.9 Å². The molecule has 0 saturated carbocycles. The number of rotatable bonds is 3. The van der Waals surface area contributed by atoms with Crippen molar-refractivity contribution >= 4 is 17.4 Å². The van der Waals surface area contributed by atoms with E-state index in [1.807, 2.05) is 12.1 Å². The zero-order chi connectivity index (χ0) is 17.1. The van der Waals surface area contributed by atoms with Crippen molar-refractivity contribution in [1.82, 2.24) is 0 Å². The molecule has 0 saturated heterocycles. The molecule has 1 aliphatic carbocycles. The van der Waals surface area contributed by atoms with E-state index in [1.54, 1.807) is 12.1 Å². The predicted octanol–water partition coefficient (Wildman–Crippen LogP) is 3.33. The lowest BCUT2D eigenvalue weighted by atomic mass is 9.88. The van der Waals surface area contributed by atoms with Crippen LogP contribution >= 0.6 is 0 Å². The second-order valence-corrected chi connectivity index (χ2v) is 5.77. The van der Waals surface area contributed by atoms with Gasteiger partial charge in [-0.15, -0.1) is 0 Å². The smallest absolute Gasteiger partial charge is 0.323 e. The first kappa shape index (κ1) is 16.3. The van der Waals surface area contributed by atoms with E-state index in [-0.39, 0.29) is 11.9 Å². The van der Waals surface area contributed by atoms with Gasteiger partial charge in [0.05, 0.1) is 13.2 Å². The van der Waals surface area contributed by atoms with E-state index in [1.165, 1.54) is 19.2 Å². The fourth-order valence-electron chi connectivity index (χ4n) is 2.92. The summed E-state index contributed by atoms with van der Waals surface area (Å²) < 4.78 is 18.5. The Morgan fingerprint density at radius 1 is 1.29 bits per heavy atom. The molecule has 6 heteroatoms. The van der Waals surface area contributed by atoms with Crippen molar-refractivity contribution < 1.29 is 19.0 Å². The van der Waals surface area contributed by atoms with Gasteiger partial charge in [0.1, 0.15) is 0 Å². The van der Waals surface area contributed by atoms with Crippen LogP contribution in [0.15, 0.2) is 36.4 Å². The molecular formula is C18H19FN2O3. The first-order chi connectivity index (χ1) is 11.6. The minimum absolute atomic E-state index is 0.118. The van der Waals surface area contributed by atoms with Crippen LogP contribution in [0.1, 0.15) is 17.5 Å². The third kappa shape index (κ3) is 3.49. The number of anilines is 2. The summed E-state index contributed by atoms with van der Waals surface area (Å²) in [5.41, 5.74) is 3.08. The number of ether oxygens (including phenoxy) is 1. The van der Waals surface area contributed by atoms with E-state index in [0.717, 1.165) is 24.0 Å². The fourth-order valence-corrected chi connectivity index (χ4v) is 2.92. The SMILES string of the molecule is COc1ccc(NC(=O)Nc2cccc3c2CC(O)CC3)cc1F. The van der Waals surface area contributed by atoms with E-state index >= 15 is 0 Å².